The maximum Gasteiger partial charge on any atom is 0.182 e. The van der Waals surface area contributed by atoms with Crippen molar-refractivity contribution in [2.45, 2.75) is 0 Å². The van der Waals surface area contributed by atoms with Gasteiger partial charge in [-0.15, -0.1) is 0 Å². The minimum absolute atomic E-state index is 0.194. The second-order valence-electron chi connectivity index (χ2n) is 2.62. The molecule has 1 aromatic carbocycles. The summed E-state index contributed by atoms with van der Waals surface area (Å²) in [6.45, 7) is 3.68. The maximum atomic E-state index is 13.0. The number of halogens is 4. The van der Waals surface area contributed by atoms with E-state index in [-0.39, 0.29) is 12.2 Å². The Morgan fingerprint density at radius 3 is 2.57 bits per heavy atom. The van der Waals surface area contributed by atoms with Crippen LogP contribution in [0.3, 0.4) is 0 Å². The molecule has 0 amide bonds. The second-order valence-corrected chi connectivity index (χ2v) is 3.74. The van der Waals surface area contributed by atoms with E-state index >= 15 is 0 Å². The van der Waals surface area contributed by atoms with E-state index in [1.165, 1.54) is 0 Å². The predicted molar refractivity (Wildman–Crippen MR) is 52.9 cm³/mol. The molecule has 1 rings (SSSR count). The van der Waals surface area contributed by atoms with Crippen molar-refractivity contribution in [3.63, 3.8) is 0 Å². The smallest absolute Gasteiger partial charge is 0.182 e. The van der Waals surface area contributed by atoms with Crippen molar-refractivity contribution in [1.29, 1.82) is 0 Å². The molecule has 0 aliphatic heterocycles. The van der Waals surface area contributed by atoms with Crippen molar-refractivity contribution < 1.29 is 13.2 Å². The Hall–Kier alpha value is -0.970. The van der Waals surface area contributed by atoms with Gasteiger partial charge in [-0.2, -0.15) is 0 Å². The number of hydrogen-bond donors (Lipinski definition) is 1. The quantitative estimate of drug-likeness (QED) is 0.826. The largest absolute Gasteiger partial charge is 0.378 e. The molecule has 0 fully saturated rings. The van der Waals surface area contributed by atoms with Gasteiger partial charge in [-0.25, -0.2) is 13.2 Å². The fourth-order valence-corrected chi connectivity index (χ4v) is 1.02. The molecule has 5 heteroatoms. The third kappa shape index (κ3) is 2.77. The van der Waals surface area contributed by atoms with Gasteiger partial charge in [0.15, 0.2) is 11.6 Å². The average Bonchev–Trinajstić information content (AvgIpc) is 2.08. The molecule has 1 N–H and O–H groups in total. The van der Waals surface area contributed by atoms with Crippen molar-refractivity contribution in [2.75, 3.05) is 11.9 Å². The van der Waals surface area contributed by atoms with Crippen LogP contribution < -0.4 is 5.32 Å². The Bertz CT molecular complexity index is 365. The van der Waals surface area contributed by atoms with E-state index in [0.717, 1.165) is 6.07 Å². The van der Waals surface area contributed by atoms with E-state index in [1.54, 1.807) is 0 Å². The van der Waals surface area contributed by atoms with Gasteiger partial charge in [-0.1, -0.05) is 22.5 Å². The van der Waals surface area contributed by atoms with Gasteiger partial charge in [0.25, 0.3) is 0 Å². The SMILES string of the molecule is C=C(Br)CNc1cc(F)cc(F)c1F. The molecule has 0 aliphatic carbocycles. The summed E-state index contributed by atoms with van der Waals surface area (Å²) in [5.74, 6) is -3.14. The van der Waals surface area contributed by atoms with Crippen LogP contribution in [0.5, 0.6) is 0 Å². The Kier molecular flexibility index (Phi) is 3.57. The molecule has 0 unspecified atom stereocenters. The highest BCUT2D eigenvalue weighted by Gasteiger charge is 2.10. The molecular weight excluding hydrogens is 259 g/mol. The third-order valence-electron chi connectivity index (χ3n) is 1.46. The highest BCUT2D eigenvalue weighted by Crippen LogP contribution is 2.19. The van der Waals surface area contributed by atoms with E-state index < -0.39 is 17.5 Å². The van der Waals surface area contributed by atoms with E-state index in [1.807, 2.05) is 0 Å². The minimum Gasteiger partial charge on any atom is -0.378 e. The Balaban J connectivity index is 2.90. The van der Waals surface area contributed by atoms with Crippen molar-refractivity contribution in [3.05, 3.63) is 40.6 Å². The van der Waals surface area contributed by atoms with Crippen LogP contribution in [0.1, 0.15) is 0 Å². The minimum atomic E-state index is -1.22. The Labute approximate surface area is 87.8 Å². The highest BCUT2D eigenvalue weighted by molar-refractivity contribution is 9.11. The van der Waals surface area contributed by atoms with Crippen LogP contribution in [-0.2, 0) is 0 Å². The molecule has 0 aliphatic rings. The second kappa shape index (κ2) is 4.50. The summed E-state index contributed by atoms with van der Waals surface area (Å²) < 4.78 is 38.9. The molecule has 14 heavy (non-hydrogen) atoms. The van der Waals surface area contributed by atoms with E-state index in [4.69, 9.17) is 0 Å². The van der Waals surface area contributed by atoms with Crippen LogP contribution >= 0.6 is 15.9 Å². The lowest BCUT2D eigenvalue weighted by Gasteiger charge is -2.06. The number of nitrogens with one attached hydrogen (secondary N) is 1. The summed E-state index contributed by atoms with van der Waals surface area (Å²) in [5.41, 5.74) is -0.219. The summed E-state index contributed by atoms with van der Waals surface area (Å²) in [4.78, 5) is 0. The van der Waals surface area contributed by atoms with Gasteiger partial charge in [0.05, 0.1) is 5.69 Å². The molecule has 0 heterocycles. The first-order valence-electron chi connectivity index (χ1n) is 3.72. The van der Waals surface area contributed by atoms with E-state index in [9.17, 15) is 13.2 Å². The van der Waals surface area contributed by atoms with Crippen LogP contribution in [0, 0.1) is 17.5 Å². The fraction of sp³-hybridized carbons (Fsp3) is 0.111. The Morgan fingerprint density at radius 2 is 2.00 bits per heavy atom. The molecule has 0 saturated carbocycles. The van der Waals surface area contributed by atoms with Gasteiger partial charge in [0, 0.05) is 23.2 Å². The molecule has 1 aromatic rings. The van der Waals surface area contributed by atoms with E-state index in [0.29, 0.717) is 10.5 Å². The van der Waals surface area contributed by atoms with Gasteiger partial charge in [-0.05, 0) is 0 Å². The highest BCUT2D eigenvalue weighted by atomic mass is 79.9. The summed E-state index contributed by atoms with van der Waals surface area (Å²) in [7, 11) is 0. The molecule has 0 atom stereocenters. The number of hydrogen-bond acceptors (Lipinski definition) is 1. The molecule has 0 bridgehead atoms. The molecule has 76 valence electrons. The van der Waals surface area contributed by atoms with Crippen molar-refractivity contribution in [2.24, 2.45) is 0 Å². The van der Waals surface area contributed by atoms with Crippen molar-refractivity contribution >= 4 is 21.6 Å². The van der Waals surface area contributed by atoms with Crippen molar-refractivity contribution in [1.82, 2.24) is 0 Å². The van der Waals surface area contributed by atoms with Gasteiger partial charge in [0.1, 0.15) is 5.82 Å². The first kappa shape index (κ1) is 11.1. The molecule has 0 radical (unpaired) electrons. The number of rotatable bonds is 3. The monoisotopic (exact) mass is 265 g/mol. The lowest BCUT2D eigenvalue weighted by Crippen LogP contribution is -2.04. The zero-order chi connectivity index (χ0) is 10.7. The average molecular weight is 266 g/mol. The van der Waals surface area contributed by atoms with Crippen LogP contribution in [0.2, 0.25) is 0 Å². The van der Waals surface area contributed by atoms with Crippen molar-refractivity contribution in [3.8, 4) is 0 Å². The fourth-order valence-electron chi connectivity index (χ4n) is 0.876. The summed E-state index contributed by atoms with van der Waals surface area (Å²) in [6, 6.07) is 1.37. The number of benzene rings is 1. The Morgan fingerprint density at radius 1 is 1.36 bits per heavy atom. The lowest BCUT2D eigenvalue weighted by atomic mass is 10.3. The summed E-state index contributed by atoms with van der Waals surface area (Å²) >= 11 is 3.03. The standard InChI is InChI=1S/C9H7BrF3N/c1-5(10)4-14-8-3-6(11)2-7(12)9(8)13/h2-3,14H,1,4H2. The van der Waals surface area contributed by atoms with Gasteiger partial charge >= 0.3 is 0 Å². The first-order valence-corrected chi connectivity index (χ1v) is 4.51. The van der Waals surface area contributed by atoms with Crippen LogP contribution in [-0.4, -0.2) is 6.54 Å². The van der Waals surface area contributed by atoms with Crippen LogP contribution in [0.15, 0.2) is 23.2 Å². The van der Waals surface area contributed by atoms with Crippen LogP contribution in [0.25, 0.3) is 0 Å². The maximum absolute atomic E-state index is 13.0. The van der Waals surface area contributed by atoms with E-state index in [2.05, 4.69) is 27.8 Å². The van der Waals surface area contributed by atoms with Crippen LogP contribution in [0.4, 0.5) is 18.9 Å². The molecule has 1 nitrogen and oxygen atoms in total. The molecular formula is C9H7BrF3N. The summed E-state index contributed by atoms with van der Waals surface area (Å²) in [5, 5.41) is 2.49. The van der Waals surface area contributed by atoms with Gasteiger partial charge in [0.2, 0.25) is 0 Å². The van der Waals surface area contributed by atoms with Gasteiger partial charge < -0.3 is 5.32 Å². The van der Waals surface area contributed by atoms with Gasteiger partial charge in [-0.3, -0.25) is 0 Å². The first-order chi connectivity index (χ1) is 6.50. The zero-order valence-electron chi connectivity index (χ0n) is 7.08. The lowest BCUT2D eigenvalue weighted by molar-refractivity contribution is 0.497. The predicted octanol–water partition coefficient (Wildman–Crippen LogP) is 3.42. The molecule has 0 aromatic heterocycles. The third-order valence-corrected chi connectivity index (χ3v) is 1.74. The summed E-state index contributed by atoms with van der Waals surface area (Å²) in [6.07, 6.45) is 0. The molecule has 0 spiro atoms. The number of anilines is 1. The zero-order valence-corrected chi connectivity index (χ0v) is 8.67. The normalized spacial score (nSPS) is 10.0. The molecule has 0 saturated heterocycles. The topological polar surface area (TPSA) is 12.0 Å².